The molecule has 0 saturated carbocycles. The van der Waals surface area contributed by atoms with Crippen LogP contribution in [0, 0.1) is 0 Å². The van der Waals surface area contributed by atoms with Crippen LogP contribution in [0.4, 0.5) is 0 Å². The van der Waals surface area contributed by atoms with Gasteiger partial charge in [-0.05, 0) is 39.7 Å². The van der Waals surface area contributed by atoms with E-state index in [-0.39, 0.29) is 5.91 Å². The molecule has 2 aromatic rings. The Morgan fingerprint density at radius 2 is 1.90 bits per heavy atom. The molecule has 0 aliphatic heterocycles. The average Bonchev–Trinajstić information content (AvgIpc) is 2.53. The predicted molar refractivity (Wildman–Crippen MR) is 84.0 cm³/mol. The van der Waals surface area contributed by atoms with Gasteiger partial charge in [0.25, 0.3) is 5.91 Å². The third-order valence-electron chi connectivity index (χ3n) is 2.98. The number of hydrogen-bond acceptors (Lipinski definition) is 3. The largest absolute Gasteiger partial charge is 0.488 e. The first-order chi connectivity index (χ1) is 10.1. The highest BCUT2D eigenvalue weighted by molar-refractivity contribution is 9.10. The van der Waals surface area contributed by atoms with Crippen LogP contribution in [0.3, 0.4) is 0 Å². The van der Waals surface area contributed by atoms with E-state index < -0.39 is 0 Å². The van der Waals surface area contributed by atoms with Crippen molar-refractivity contribution in [2.24, 2.45) is 0 Å². The molecule has 0 fully saturated rings. The fourth-order valence-electron chi connectivity index (χ4n) is 1.75. The number of carbonyl (C=O) groups excluding carboxylic acids is 1. The highest BCUT2D eigenvalue weighted by atomic mass is 79.9. The van der Waals surface area contributed by atoms with E-state index in [1.807, 2.05) is 30.3 Å². The Morgan fingerprint density at radius 3 is 2.52 bits per heavy atom. The SMILES string of the molecule is CON(C)C(=O)c1ccc(OCc2ccccc2)c(Br)c1. The number of carbonyl (C=O) groups is 1. The van der Waals surface area contributed by atoms with Crippen LogP contribution in [0.1, 0.15) is 15.9 Å². The molecule has 5 heteroatoms. The van der Waals surface area contributed by atoms with E-state index >= 15 is 0 Å². The normalized spacial score (nSPS) is 10.2. The molecule has 0 radical (unpaired) electrons. The molecule has 0 aliphatic carbocycles. The summed E-state index contributed by atoms with van der Waals surface area (Å²) in [5, 5.41) is 1.17. The van der Waals surface area contributed by atoms with Crippen molar-refractivity contribution >= 4 is 21.8 Å². The van der Waals surface area contributed by atoms with E-state index in [4.69, 9.17) is 9.57 Å². The Labute approximate surface area is 132 Å². The highest BCUT2D eigenvalue weighted by Crippen LogP contribution is 2.27. The third-order valence-corrected chi connectivity index (χ3v) is 3.60. The molecule has 2 rings (SSSR count). The number of nitrogens with zero attached hydrogens (tertiary/aromatic N) is 1. The van der Waals surface area contributed by atoms with Crippen LogP contribution in [0.15, 0.2) is 53.0 Å². The number of benzene rings is 2. The number of hydroxylamine groups is 2. The minimum atomic E-state index is -0.215. The molecular formula is C16H16BrNO3. The van der Waals surface area contributed by atoms with Crippen LogP contribution in [0.25, 0.3) is 0 Å². The zero-order valence-electron chi connectivity index (χ0n) is 11.9. The van der Waals surface area contributed by atoms with Gasteiger partial charge in [-0.3, -0.25) is 9.63 Å². The van der Waals surface area contributed by atoms with Gasteiger partial charge in [0, 0.05) is 12.6 Å². The second kappa shape index (κ2) is 7.24. The summed E-state index contributed by atoms with van der Waals surface area (Å²) in [4.78, 5) is 16.8. The van der Waals surface area contributed by atoms with E-state index in [2.05, 4.69) is 15.9 Å². The van der Waals surface area contributed by atoms with Crippen molar-refractivity contribution < 1.29 is 14.4 Å². The molecule has 0 N–H and O–H groups in total. The second-order valence-corrected chi connectivity index (χ2v) is 5.26. The molecule has 4 nitrogen and oxygen atoms in total. The minimum absolute atomic E-state index is 0.215. The lowest BCUT2D eigenvalue weighted by Gasteiger charge is -2.14. The number of hydrogen-bond donors (Lipinski definition) is 0. The molecule has 110 valence electrons. The van der Waals surface area contributed by atoms with E-state index in [0.29, 0.717) is 17.9 Å². The van der Waals surface area contributed by atoms with Gasteiger partial charge in [0.15, 0.2) is 0 Å². The van der Waals surface area contributed by atoms with Crippen LogP contribution in [0.5, 0.6) is 5.75 Å². The Bertz CT molecular complexity index is 616. The van der Waals surface area contributed by atoms with Gasteiger partial charge >= 0.3 is 0 Å². The van der Waals surface area contributed by atoms with E-state index in [1.165, 1.54) is 12.2 Å². The lowest BCUT2D eigenvalue weighted by Crippen LogP contribution is -2.25. The molecule has 0 spiro atoms. The number of rotatable bonds is 5. The first-order valence-electron chi connectivity index (χ1n) is 6.40. The zero-order valence-corrected chi connectivity index (χ0v) is 13.5. The Morgan fingerprint density at radius 1 is 1.19 bits per heavy atom. The molecular weight excluding hydrogens is 334 g/mol. The summed E-state index contributed by atoms with van der Waals surface area (Å²) >= 11 is 3.42. The summed E-state index contributed by atoms with van der Waals surface area (Å²) in [6, 6.07) is 15.1. The Kier molecular flexibility index (Phi) is 5.36. The van der Waals surface area contributed by atoms with Gasteiger partial charge in [-0.2, -0.15) is 0 Å². The fourth-order valence-corrected chi connectivity index (χ4v) is 2.24. The standard InChI is InChI=1S/C16H16BrNO3/c1-18(20-2)16(19)13-8-9-15(14(17)10-13)21-11-12-6-4-3-5-7-12/h3-10H,11H2,1-2H3. The predicted octanol–water partition coefficient (Wildman–Crippen LogP) is 3.66. The van der Waals surface area contributed by atoms with Gasteiger partial charge < -0.3 is 4.74 Å². The molecule has 0 aliphatic rings. The van der Waals surface area contributed by atoms with Crippen LogP contribution in [0.2, 0.25) is 0 Å². The first kappa shape index (κ1) is 15.5. The number of ether oxygens (including phenoxy) is 1. The minimum Gasteiger partial charge on any atom is -0.488 e. The summed E-state index contributed by atoms with van der Waals surface area (Å²) in [5.74, 6) is 0.475. The molecule has 2 aromatic carbocycles. The quantitative estimate of drug-likeness (QED) is 0.773. The van der Waals surface area contributed by atoms with E-state index in [1.54, 1.807) is 25.2 Å². The van der Waals surface area contributed by atoms with E-state index in [0.717, 1.165) is 10.0 Å². The van der Waals surface area contributed by atoms with Crippen LogP contribution < -0.4 is 4.74 Å². The second-order valence-electron chi connectivity index (χ2n) is 4.40. The first-order valence-corrected chi connectivity index (χ1v) is 7.19. The van der Waals surface area contributed by atoms with Crippen LogP contribution in [-0.2, 0) is 11.4 Å². The maximum atomic E-state index is 12.0. The van der Waals surface area contributed by atoms with Gasteiger partial charge in [0.1, 0.15) is 12.4 Å². The van der Waals surface area contributed by atoms with Gasteiger partial charge in [-0.1, -0.05) is 30.3 Å². The number of amides is 1. The summed E-state index contributed by atoms with van der Waals surface area (Å²) < 4.78 is 6.47. The smallest absolute Gasteiger partial charge is 0.277 e. The molecule has 0 bridgehead atoms. The van der Waals surface area contributed by atoms with Crippen molar-refractivity contribution in [3.8, 4) is 5.75 Å². The third kappa shape index (κ3) is 4.06. The Balaban J connectivity index is 2.07. The molecule has 1 amide bonds. The van der Waals surface area contributed by atoms with Gasteiger partial charge in [-0.15, -0.1) is 0 Å². The van der Waals surface area contributed by atoms with Gasteiger partial charge in [-0.25, -0.2) is 5.06 Å². The zero-order chi connectivity index (χ0) is 15.2. The lowest BCUT2D eigenvalue weighted by atomic mass is 10.2. The monoisotopic (exact) mass is 349 g/mol. The lowest BCUT2D eigenvalue weighted by molar-refractivity contribution is -0.0757. The molecule has 21 heavy (non-hydrogen) atoms. The van der Waals surface area contributed by atoms with Gasteiger partial charge in [0.2, 0.25) is 0 Å². The van der Waals surface area contributed by atoms with Crippen molar-refractivity contribution in [3.05, 3.63) is 64.1 Å². The maximum Gasteiger partial charge on any atom is 0.277 e. The summed E-state index contributed by atoms with van der Waals surface area (Å²) in [6.07, 6.45) is 0. The van der Waals surface area contributed by atoms with Crippen molar-refractivity contribution in [3.63, 3.8) is 0 Å². The summed E-state index contributed by atoms with van der Waals surface area (Å²) in [5.41, 5.74) is 1.61. The fraction of sp³-hybridized carbons (Fsp3) is 0.188. The average molecular weight is 350 g/mol. The summed E-state index contributed by atoms with van der Waals surface area (Å²) in [7, 11) is 3.01. The summed E-state index contributed by atoms with van der Waals surface area (Å²) in [6.45, 7) is 0.477. The van der Waals surface area contributed by atoms with Crippen molar-refractivity contribution in [1.82, 2.24) is 5.06 Å². The van der Waals surface area contributed by atoms with Gasteiger partial charge in [0.05, 0.1) is 11.6 Å². The molecule has 0 atom stereocenters. The molecule has 0 heterocycles. The van der Waals surface area contributed by atoms with Crippen molar-refractivity contribution in [1.29, 1.82) is 0 Å². The maximum absolute atomic E-state index is 12.0. The topological polar surface area (TPSA) is 38.8 Å². The van der Waals surface area contributed by atoms with Crippen molar-refractivity contribution in [2.75, 3.05) is 14.2 Å². The molecule has 0 saturated heterocycles. The molecule has 0 aromatic heterocycles. The van der Waals surface area contributed by atoms with Crippen LogP contribution >= 0.6 is 15.9 Å². The number of halogens is 1. The highest BCUT2D eigenvalue weighted by Gasteiger charge is 2.13. The molecule has 0 unspecified atom stereocenters. The van der Waals surface area contributed by atoms with Crippen molar-refractivity contribution in [2.45, 2.75) is 6.61 Å². The Hall–Kier alpha value is -1.85. The van der Waals surface area contributed by atoms with E-state index in [9.17, 15) is 4.79 Å². The van der Waals surface area contributed by atoms with Crippen LogP contribution in [-0.4, -0.2) is 25.1 Å².